The van der Waals surface area contributed by atoms with Crippen LogP contribution < -0.4 is 5.32 Å². The Hall–Kier alpha value is -1.87. The number of carbonyl (C=O) groups is 1. The standard InChI is InChI=1S/C23H37NO2/c1-4-6-8-9-10-11-12-13-14-15-16-17-18-19-22(25)24-21-23(3,26)20-7-5-2/h8-13,16-19,26H,4-7,14-15,20-21H2,1-3H3,(H,24,25). The largest absolute Gasteiger partial charge is 0.388 e. The molecule has 0 heterocycles. The Bertz CT molecular complexity index is 496. The van der Waals surface area contributed by atoms with Crippen LogP contribution in [-0.4, -0.2) is 23.2 Å². The number of nitrogens with one attached hydrogen (secondary N) is 1. The Balaban J connectivity index is 3.85. The number of hydrogen-bond acceptors (Lipinski definition) is 2. The molecule has 0 spiro atoms. The fourth-order valence-electron chi connectivity index (χ4n) is 2.14. The molecule has 1 amide bonds. The lowest BCUT2D eigenvalue weighted by Gasteiger charge is -2.22. The summed E-state index contributed by atoms with van der Waals surface area (Å²) in [6, 6.07) is 0. The summed E-state index contributed by atoms with van der Waals surface area (Å²) >= 11 is 0. The summed E-state index contributed by atoms with van der Waals surface area (Å²) in [5, 5.41) is 12.9. The molecule has 0 radical (unpaired) electrons. The van der Waals surface area contributed by atoms with Gasteiger partial charge in [0.25, 0.3) is 0 Å². The second-order valence-corrected chi connectivity index (χ2v) is 6.71. The van der Waals surface area contributed by atoms with Gasteiger partial charge in [-0.15, -0.1) is 0 Å². The molecular formula is C23H37NO2. The van der Waals surface area contributed by atoms with E-state index in [4.69, 9.17) is 0 Å². The molecule has 2 N–H and O–H groups in total. The van der Waals surface area contributed by atoms with Crippen molar-refractivity contribution in [2.24, 2.45) is 0 Å². The van der Waals surface area contributed by atoms with Gasteiger partial charge in [-0.1, -0.05) is 87.8 Å². The van der Waals surface area contributed by atoms with Crippen LogP contribution >= 0.6 is 0 Å². The van der Waals surface area contributed by atoms with Crippen molar-refractivity contribution in [3.8, 4) is 0 Å². The normalized spacial score (nSPS) is 15.1. The van der Waals surface area contributed by atoms with Crippen LogP contribution in [0.4, 0.5) is 0 Å². The zero-order chi connectivity index (χ0) is 19.5. The van der Waals surface area contributed by atoms with E-state index in [-0.39, 0.29) is 12.5 Å². The van der Waals surface area contributed by atoms with Crippen molar-refractivity contribution in [1.29, 1.82) is 0 Å². The Morgan fingerprint density at radius 3 is 2.04 bits per heavy atom. The van der Waals surface area contributed by atoms with Crippen LogP contribution in [0.15, 0.2) is 60.8 Å². The Morgan fingerprint density at radius 1 is 0.885 bits per heavy atom. The van der Waals surface area contributed by atoms with E-state index in [1.165, 1.54) is 12.5 Å². The van der Waals surface area contributed by atoms with Crippen LogP contribution in [0, 0.1) is 0 Å². The van der Waals surface area contributed by atoms with Crippen LogP contribution in [0.1, 0.15) is 65.7 Å². The quantitative estimate of drug-likeness (QED) is 0.248. The van der Waals surface area contributed by atoms with Crippen molar-refractivity contribution in [3.05, 3.63) is 60.8 Å². The van der Waals surface area contributed by atoms with E-state index >= 15 is 0 Å². The molecule has 0 saturated carbocycles. The average molecular weight is 360 g/mol. The number of allylic oxidation sites excluding steroid dienone is 9. The van der Waals surface area contributed by atoms with Gasteiger partial charge in [0.05, 0.1) is 5.60 Å². The van der Waals surface area contributed by atoms with E-state index in [0.717, 1.165) is 32.1 Å². The summed E-state index contributed by atoms with van der Waals surface area (Å²) in [4.78, 5) is 11.7. The number of carbonyl (C=O) groups excluding carboxylic acids is 1. The van der Waals surface area contributed by atoms with Gasteiger partial charge in [-0.25, -0.2) is 0 Å². The molecule has 0 saturated heterocycles. The maximum absolute atomic E-state index is 11.7. The van der Waals surface area contributed by atoms with Crippen molar-refractivity contribution in [1.82, 2.24) is 5.32 Å². The van der Waals surface area contributed by atoms with Gasteiger partial charge in [-0.3, -0.25) is 4.79 Å². The first-order chi connectivity index (χ1) is 12.5. The van der Waals surface area contributed by atoms with Crippen LogP contribution in [-0.2, 0) is 4.79 Å². The highest BCUT2D eigenvalue weighted by Crippen LogP contribution is 2.11. The first-order valence-electron chi connectivity index (χ1n) is 9.83. The smallest absolute Gasteiger partial charge is 0.244 e. The van der Waals surface area contributed by atoms with Crippen molar-refractivity contribution >= 4 is 5.91 Å². The van der Waals surface area contributed by atoms with Crippen LogP contribution in [0.25, 0.3) is 0 Å². The fourth-order valence-corrected chi connectivity index (χ4v) is 2.14. The molecule has 0 bridgehead atoms. The van der Waals surface area contributed by atoms with Gasteiger partial charge < -0.3 is 10.4 Å². The molecule has 0 aliphatic heterocycles. The van der Waals surface area contributed by atoms with Gasteiger partial charge in [0.2, 0.25) is 5.91 Å². The van der Waals surface area contributed by atoms with E-state index in [1.807, 2.05) is 24.3 Å². The summed E-state index contributed by atoms with van der Waals surface area (Å²) in [7, 11) is 0. The average Bonchev–Trinajstić information content (AvgIpc) is 2.62. The first kappa shape index (κ1) is 24.1. The van der Waals surface area contributed by atoms with Gasteiger partial charge in [0.1, 0.15) is 0 Å². The summed E-state index contributed by atoms with van der Waals surface area (Å²) in [5.74, 6) is -0.174. The highest BCUT2D eigenvalue weighted by atomic mass is 16.3. The van der Waals surface area contributed by atoms with Crippen molar-refractivity contribution in [2.45, 2.75) is 71.3 Å². The summed E-state index contributed by atoms with van der Waals surface area (Å²) < 4.78 is 0. The third-order valence-electron chi connectivity index (χ3n) is 3.77. The predicted octanol–water partition coefficient (Wildman–Crippen LogP) is 5.41. The molecule has 26 heavy (non-hydrogen) atoms. The SMILES string of the molecule is CCCC=CC=CC=CCCC=CC=CC(=O)NCC(C)(O)CCCC. The maximum atomic E-state index is 11.7. The molecule has 0 aromatic heterocycles. The van der Waals surface area contributed by atoms with E-state index < -0.39 is 5.60 Å². The van der Waals surface area contributed by atoms with Crippen molar-refractivity contribution in [2.75, 3.05) is 6.54 Å². The number of amides is 1. The number of aliphatic hydroxyl groups is 1. The second-order valence-electron chi connectivity index (χ2n) is 6.71. The molecule has 3 heteroatoms. The third-order valence-corrected chi connectivity index (χ3v) is 3.77. The van der Waals surface area contributed by atoms with E-state index in [1.54, 1.807) is 13.0 Å². The molecular weight excluding hydrogens is 322 g/mol. The molecule has 0 rings (SSSR count). The predicted molar refractivity (Wildman–Crippen MR) is 113 cm³/mol. The number of hydrogen-bond donors (Lipinski definition) is 2. The topological polar surface area (TPSA) is 49.3 Å². The highest BCUT2D eigenvalue weighted by molar-refractivity contribution is 5.87. The van der Waals surface area contributed by atoms with Crippen LogP contribution in [0.2, 0.25) is 0 Å². The molecule has 0 aliphatic rings. The van der Waals surface area contributed by atoms with Gasteiger partial charge in [-0.2, -0.15) is 0 Å². The molecule has 146 valence electrons. The van der Waals surface area contributed by atoms with E-state index in [2.05, 4.69) is 43.5 Å². The molecule has 1 atom stereocenters. The Labute approximate surface area is 160 Å². The van der Waals surface area contributed by atoms with Gasteiger partial charge in [0, 0.05) is 12.6 Å². The fraction of sp³-hybridized carbons (Fsp3) is 0.522. The van der Waals surface area contributed by atoms with Gasteiger partial charge in [0.15, 0.2) is 0 Å². The lowest BCUT2D eigenvalue weighted by Crippen LogP contribution is -2.39. The number of rotatable bonds is 14. The lowest BCUT2D eigenvalue weighted by atomic mass is 9.99. The lowest BCUT2D eigenvalue weighted by molar-refractivity contribution is -0.117. The third kappa shape index (κ3) is 17.0. The Morgan fingerprint density at radius 2 is 1.46 bits per heavy atom. The number of unbranched alkanes of at least 4 members (excludes halogenated alkanes) is 3. The van der Waals surface area contributed by atoms with Gasteiger partial charge in [-0.05, 0) is 32.6 Å². The van der Waals surface area contributed by atoms with E-state index in [0.29, 0.717) is 6.42 Å². The minimum absolute atomic E-state index is 0.174. The maximum Gasteiger partial charge on any atom is 0.244 e. The zero-order valence-electron chi connectivity index (χ0n) is 16.8. The zero-order valence-corrected chi connectivity index (χ0v) is 16.8. The summed E-state index contributed by atoms with van der Waals surface area (Å²) in [6.45, 7) is 6.30. The van der Waals surface area contributed by atoms with Crippen molar-refractivity contribution < 1.29 is 9.90 Å². The Kier molecular flexibility index (Phi) is 15.4. The van der Waals surface area contributed by atoms with Crippen LogP contribution in [0.5, 0.6) is 0 Å². The van der Waals surface area contributed by atoms with Crippen LogP contribution in [0.3, 0.4) is 0 Å². The molecule has 0 aromatic rings. The second kappa shape index (κ2) is 16.6. The molecule has 0 fully saturated rings. The van der Waals surface area contributed by atoms with Crippen molar-refractivity contribution in [3.63, 3.8) is 0 Å². The highest BCUT2D eigenvalue weighted by Gasteiger charge is 2.19. The van der Waals surface area contributed by atoms with E-state index in [9.17, 15) is 9.90 Å². The summed E-state index contributed by atoms with van der Waals surface area (Å²) in [6.07, 6.45) is 26.6. The van der Waals surface area contributed by atoms with Gasteiger partial charge >= 0.3 is 0 Å². The molecule has 0 aliphatic carbocycles. The minimum atomic E-state index is -0.831. The first-order valence-corrected chi connectivity index (χ1v) is 9.83. The molecule has 0 aromatic carbocycles. The minimum Gasteiger partial charge on any atom is -0.388 e. The summed E-state index contributed by atoms with van der Waals surface area (Å²) in [5.41, 5.74) is -0.831. The monoisotopic (exact) mass is 359 g/mol. The molecule has 1 unspecified atom stereocenters. The molecule has 3 nitrogen and oxygen atoms in total.